The molecule has 0 fully saturated rings. The van der Waals surface area contributed by atoms with E-state index < -0.39 is 0 Å². The molecule has 0 aliphatic heterocycles. The quantitative estimate of drug-likeness (QED) is 0.802. The molecule has 17 heavy (non-hydrogen) atoms. The number of hydrogen-bond acceptors (Lipinski definition) is 3. The molecule has 0 atom stereocenters. The van der Waals surface area contributed by atoms with E-state index in [0.717, 1.165) is 10.7 Å². The summed E-state index contributed by atoms with van der Waals surface area (Å²) in [6.45, 7) is 4.49. The molecule has 0 saturated heterocycles. The molecule has 4 nitrogen and oxygen atoms in total. The standard InChI is InChI=1S/C11H14ClN3OS/c1-8(2)15-4-3-14(11(15)16)6-10-13-9(5-12)7-17-10/h3-4,7-8H,5-6H2,1-2H3. The molecule has 0 bridgehead atoms. The van der Waals surface area contributed by atoms with Crippen molar-refractivity contribution in [1.82, 2.24) is 14.1 Å². The van der Waals surface area contributed by atoms with Crippen molar-refractivity contribution in [3.8, 4) is 0 Å². The molecule has 2 aromatic heterocycles. The molecule has 2 rings (SSSR count). The molecular weight excluding hydrogens is 258 g/mol. The summed E-state index contributed by atoms with van der Waals surface area (Å²) in [4.78, 5) is 16.3. The second-order valence-electron chi connectivity index (χ2n) is 4.08. The summed E-state index contributed by atoms with van der Waals surface area (Å²) in [6.07, 6.45) is 3.60. The Bertz CT molecular complexity index is 555. The van der Waals surface area contributed by atoms with Crippen LogP contribution < -0.4 is 5.69 Å². The van der Waals surface area contributed by atoms with Crippen molar-refractivity contribution < 1.29 is 0 Å². The third kappa shape index (κ3) is 2.61. The van der Waals surface area contributed by atoms with E-state index in [1.54, 1.807) is 15.3 Å². The van der Waals surface area contributed by atoms with Gasteiger partial charge in [0.25, 0.3) is 0 Å². The maximum Gasteiger partial charge on any atom is 0.328 e. The van der Waals surface area contributed by atoms with Gasteiger partial charge in [0.2, 0.25) is 0 Å². The fraction of sp³-hybridized carbons (Fsp3) is 0.455. The first kappa shape index (κ1) is 12.4. The minimum atomic E-state index is 0.00243. The van der Waals surface area contributed by atoms with Crippen LogP contribution in [-0.2, 0) is 12.4 Å². The van der Waals surface area contributed by atoms with Crippen molar-refractivity contribution >= 4 is 22.9 Å². The van der Waals surface area contributed by atoms with Gasteiger partial charge in [-0.2, -0.15) is 0 Å². The monoisotopic (exact) mass is 271 g/mol. The van der Waals surface area contributed by atoms with Crippen LogP contribution in [-0.4, -0.2) is 14.1 Å². The molecule has 0 radical (unpaired) electrons. The van der Waals surface area contributed by atoms with Gasteiger partial charge in [0.05, 0.1) is 18.1 Å². The molecule has 2 aromatic rings. The zero-order chi connectivity index (χ0) is 12.4. The van der Waals surface area contributed by atoms with E-state index >= 15 is 0 Å². The predicted molar refractivity (Wildman–Crippen MR) is 69.9 cm³/mol. The van der Waals surface area contributed by atoms with Crippen LogP contribution in [0.2, 0.25) is 0 Å². The molecule has 0 amide bonds. The molecule has 0 aliphatic rings. The van der Waals surface area contributed by atoms with Gasteiger partial charge in [-0.05, 0) is 13.8 Å². The van der Waals surface area contributed by atoms with Gasteiger partial charge in [-0.3, -0.25) is 9.13 Å². The number of alkyl halides is 1. The summed E-state index contributed by atoms with van der Waals surface area (Å²) in [5.41, 5.74) is 0.866. The summed E-state index contributed by atoms with van der Waals surface area (Å²) in [7, 11) is 0. The second kappa shape index (κ2) is 5.06. The van der Waals surface area contributed by atoms with Gasteiger partial charge in [0, 0.05) is 23.8 Å². The molecule has 0 unspecified atom stereocenters. The van der Waals surface area contributed by atoms with Crippen molar-refractivity contribution in [1.29, 1.82) is 0 Å². The first-order valence-electron chi connectivity index (χ1n) is 5.38. The molecule has 0 spiro atoms. The summed E-state index contributed by atoms with van der Waals surface area (Å²) >= 11 is 7.22. The summed E-state index contributed by atoms with van der Waals surface area (Å²) < 4.78 is 3.37. The van der Waals surface area contributed by atoms with Crippen LogP contribution in [0.25, 0.3) is 0 Å². The Morgan fingerprint density at radius 3 is 2.76 bits per heavy atom. The van der Waals surface area contributed by atoms with E-state index in [0.29, 0.717) is 12.4 Å². The number of thiazole rings is 1. The predicted octanol–water partition coefficient (Wildman–Crippen LogP) is 2.47. The molecule has 6 heteroatoms. The topological polar surface area (TPSA) is 39.8 Å². The van der Waals surface area contributed by atoms with E-state index in [-0.39, 0.29) is 11.7 Å². The highest BCUT2D eigenvalue weighted by Crippen LogP contribution is 2.12. The van der Waals surface area contributed by atoms with Crippen LogP contribution in [0.5, 0.6) is 0 Å². The highest BCUT2D eigenvalue weighted by atomic mass is 35.5. The van der Waals surface area contributed by atoms with Gasteiger partial charge in [0.1, 0.15) is 5.01 Å². The lowest BCUT2D eigenvalue weighted by atomic mass is 10.4. The second-order valence-corrected chi connectivity index (χ2v) is 5.29. The molecule has 92 valence electrons. The van der Waals surface area contributed by atoms with Gasteiger partial charge in [0.15, 0.2) is 0 Å². The van der Waals surface area contributed by atoms with Gasteiger partial charge < -0.3 is 0 Å². The van der Waals surface area contributed by atoms with Crippen LogP contribution >= 0.6 is 22.9 Å². The molecule has 2 heterocycles. The maximum atomic E-state index is 12.0. The lowest BCUT2D eigenvalue weighted by Crippen LogP contribution is -2.25. The highest BCUT2D eigenvalue weighted by molar-refractivity contribution is 7.09. The third-order valence-corrected chi connectivity index (χ3v) is 3.63. The highest BCUT2D eigenvalue weighted by Gasteiger charge is 2.08. The fourth-order valence-electron chi connectivity index (χ4n) is 1.57. The Kier molecular flexibility index (Phi) is 3.69. The first-order valence-corrected chi connectivity index (χ1v) is 6.79. The smallest absolute Gasteiger partial charge is 0.297 e. The van der Waals surface area contributed by atoms with Crippen molar-refractivity contribution in [3.63, 3.8) is 0 Å². The zero-order valence-corrected chi connectivity index (χ0v) is 11.3. The van der Waals surface area contributed by atoms with E-state index in [2.05, 4.69) is 4.98 Å². The van der Waals surface area contributed by atoms with Crippen LogP contribution in [0.1, 0.15) is 30.6 Å². The van der Waals surface area contributed by atoms with Crippen molar-refractivity contribution in [2.75, 3.05) is 0 Å². The van der Waals surface area contributed by atoms with Gasteiger partial charge in [-0.1, -0.05) is 0 Å². The fourth-order valence-corrected chi connectivity index (χ4v) is 2.59. The number of hydrogen-bond donors (Lipinski definition) is 0. The Morgan fingerprint density at radius 1 is 1.47 bits per heavy atom. The number of rotatable bonds is 4. The van der Waals surface area contributed by atoms with E-state index in [1.165, 1.54) is 11.3 Å². The first-order chi connectivity index (χ1) is 8.11. The SMILES string of the molecule is CC(C)n1ccn(Cc2nc(CCl)cs2)c1=O. The average Bonchev–Trinajstić information content (AvgIpc) is 2.87. The van der Waals surface area contributed by atoms with Crippen LogP contribution in [0.15, 0.2) is 22.6 Å². The molecule has 0 saturated carbocycles. The lowest BCUT2D eigenvalue weighted by Gasteiger charge is -2.03. The van der Waals surface area contributed by atoms with Crippen LogP contribution in [0, 0.1) is 0 Å². The molecular formula is C11H14ClN3OS. The Morgan fingerprint density at radius 2 is 2.24 bits per heavy atom. The average molecular weight is 272 g/mol. The van der Waals surface area contributed by atoms with Crippen molar-refractivity contribution in [3.05, 3.63) is 39.0 Å². The Balaban J connectivity index is 2.22. The van der Waals surface area contributed by atoms with Crippen LogP contribution in [0.3, 0.4) is 0 Å². The minimum Gasteiger partial charge on any atom is -0.297 e. The summed E-state index contributed by atoms with van der Waals surface area (Å²) in [6, 6.07) is 0.179. The zero-order valence-electron chi connectivity index (χ0n) is 9.76. The Labute approximate surface area is 108 Å². The molecule has 0 aliphatic carbocycles. The molecule has 0 N–H and O–H groups in total. The van der Waals surface area contributed by atoms with Crippen molar-refractivity contribution in [2.24, 2.45) is 0 Å². The number of imidazole rings is 1. The number of aromatic nitrogens is 3. The maximum absolute atomic E-state index is 12.0. The van der Waals surface area contributed by atoms with E-state index in [9.17, 15) is 4.79 Å². The summed E-state index contributed by atoms with van der Waals surface area (Å²) in [5, 5.41) is 2.83. The Hall–Kier alpha value is -1.07. The lowest BCUT2D eigenvalue weighted by molar-refractivity contribution is 0.561. The largest absolute Gasteiger partial charge is 0.328 e. The normalized spacial score (nSPS) is 11.3. The summed E-state index contributed by atoms with van der Waals surface area (Å²) in [5.74, 6) is 0.415. The van der Waals surface area contributed by atoms with E-state index in [1.807, 2.05) is 25.4 Å². The number of halogens is 1. The third-order valence-electron chi connectivity index (χ3n) is 2.47. The number of nitrogens with zero attached hydrogens (tertiary/aromatic N) is 3. The van der Waals surface area contributed by atoms with Crippen molar-refractivity contribution in [2.45, 2.75) is 32.3 Å². The molecule has 0 aromatic carbocycles. The van der Waals surface area contributed by atoms with Crippen LogP contribution in [0.4, 0.5) is 0 Å². The van der Waals surface area contributed by atoms with Gasteiger partial charge in [-0.15, -0.1) is 22.9 Å². The minimum absolute atomic E-state index is 0.00243. The van der Waals surface area contributed by atoms with Gasteiger partial charge in [-0.25, -0.2) is 9.78 Å². The van der Waals surface area contributed by atoms with Gasteiger partial charge >= 0.3 is 5.69 Å². The van der Waals surface area contributed by atoms with E-state index in [4.69, 9.17) is 11.6 Å².